The molecule has 0 saturated heterocycles. The summed E-state index contributed by atoms with van der Waals surface area (Å²) in [5.41, 5.74) is 1.92. The molecule has 0 saturated carbocycles. The lowest BCUT2D eigenvalue weighted by Gasteiger charge is -2.23. The molecular weight excluding hydrogens is 378 g/mol. The summed E-state index contributed by atoms with van der Waals surface area (Å²) in [5, 5.41) is 18.8. The predicted octanol–water partition coefficient (Wildman–Crippen LogP) is 3.57. The van der Waals surface area contributed by atoms with E-state index in [1.54, 1.807) is 30.3 Å². The summed E-state index contributed by atoms with van der Waals surface area (Å²) >= 11 is 7.20. The lowest BCUT2D eigenvalue weighted by atomic mass is 9.95. The molecule has 3 heterocycles. The number of nitrogens with zero attached hydrogens (tertiary/aromatic N) is 3. The van der Waals surface area contributed by atoms with Crippen LogP contribution in [0.25, 0.3) is 0 Å². The summed E-state index contributed by atoms with van der Waals surface area (Å²) < 4.78 is 5.15. The van der Waals surface area contributed by atoms with Crippen LogP contribution in [0.5, 0.6) is 0 Å². The molecule has 1 unspecified atom stereocenters. The first-order valence-electron chi connectivity index (χ1n) is 7.44. The average Bonchev–Trinajstić information content (AvgIpc) is 3.37. The van der Waals surface area contributed by atoms with E-state index < -0.39 is 23.5 Å². The van der Waals surface area contributed by atoms with Crippen LogP contribution in [0.3, 0.4) is 0 Å². The molecule has 0 fully saturated rings. The van der Waals surface area contributed by atoms with Crippen LogP contribution < -0.4 is 4.90 Å². The van der Waals surface area contributed by atoms with Crippen molar-refractivity contribution >= 4 is 39.8 Å². The Balaban J connectivity index is 1.89. The molecule has 7 nitrogen and oxygen atoms in total. The largest absolute Gasteiger partial charge is 0.503 e. The second kappa shape index (κ2) is 6.40. The van der Waals surface area contributed by atoms with Crippen molar-refractivity contribution in [3.63, 3.8) is 0 Å². The topological polar surface area (TPSA) is 96.5 Å². The van der Waals surface area contributed by atoms with Crippen LogP contribution in [0.4, 0.5) is 5.13 Å². The van der Waals surface area contributed by atoms with Crippen molar-refractivity contribution in [2.45, 2.75) is 6.04 Å². The maximum atomic E-state index is 12.9. The summed E-state index contributed by atoms with van der Waals surface area (Å²) in [6, 6.07) is 8.84. The number of halogens is 1. The molecule has 1 N–H and O–H groups in total. The van der Waals surface area contributed by atoms with Gasteiger partial charge in [0.15, 0.2) is 11.5 Å². The molecule has 3 aromatic rings. The highest BCUT2D eigenvalue weighted by Gasteiger charge is 2.46. The van der Waals surface area contributed by atoms with Gasteiger partial charge in [-0.2, -0.15) is 0 Å². The van der Waals surface area contributed by atoms with E-state index in [9.17, 15) is 14.7 Å². The molecule has 26 heavy (non-hydrogen) atoms. The molecule has 1 atom stereocenters. The van der Waals surface area contributed by atoms with E-state index in [0.29, 0.717) is 10.6 Å². The van der Waals surface area contributed by atoms with Crippen LogP contribution in [0.2, 0.25) is 5.02 Å². The molecule has 2 aromatic heterocycles. The van der Waals surface area contributed by atoms with Gasteiger partial charge in [-0.15, -0.1) is 10.2 Å². The van der Waals surface area contributed by atoms with Gasteiger partial charge in [0, 0.05) is 5.02 Å². The molecular formula is C17H10ClN3O4S. The standard InChI is InChI=1S/C17H10ClN3O4S/c18-10-4-1-3-9(7-10)13-12(14(22)11-5-2-6-25-11)15(23)16(24)21(13)17-20-19-8-26-17/h1-8,13,23H. The third kappa shape index (κ3) is 2.59. The fourth-order valence-corrected chi connectivity index (χ4v) is 3.62. The van der Waals surface area contributed by atoms with Gasteiger partial charge in [-0.3, -0.25) is 14.5 Å². The van der Waals surface area contributed by atoms with Gasteiger partial charge in [-0.05, 0) is 29.8 Å². The number of hydrogen-bond acceptors (Lipinski definition) is 7. The van der Waals surface area contributed by atoms with E-state index >= 15 is 0 Å². The van der Waals surface area contributed by atoms with Crippen molar-refractivity contribution in [3.05, 3.63) is 75.9 Å². The predicted molar refractivity (Wildman–Crippen MR) is 94.3 cm³/mol. The number of aliphatic hydroxyl groups is 1. The van der Waals surface area contributed by atoms with Gasteiger partial charge >= 0.3 is 0 Å². The quantitative estimate of drug-likeness (QED) is 0.687. The third-order valence-electron chi connectivity index (χ3n) is 3.92. The number of ketones is 1. The summed E-state index contributed by atoms with van der Waals surface area (Å²) in [7, 11) is 0. The smallest absolute Gasteiger partial charge is 0.296 e. The number of carbonyl (C=O) groups excluding carboxylic acids is 2. The Bertz CT molecular complexity index is 1010. The fourth-order valence-electron chi connectivity index (χ4n) is 2.84. The van der Waals surface area contributed by atoms with E-state index in [-0.39, 0.29) is 16.5 Å². The molecule has 130 valence electrons. The molecule has 0 aliphatic carbocycles. The summed E-state index contributed by atoms with van der Waals surface area (Å²) in [4.78, 5) is 26.8. The van der Waals surface area contributed by atoms with E-state index in [2.05, 4.69) is 10.2 Å². The number of hydrogen-bond donors (Lipinski definition) is 1. The maximum absolute atomic E-state index is 12.9. The van der Waals surface area contributed by atoms with Gasteiger partial charge < -0.3 is 9.52 Å². The highest BCUT2D eigenvalue weighted by Crippen LogP contribution is 2.42. The van der Waals surface area contributed by atoms with Crippen molar-refractivity contribution in [2.75, 3.05) is 4.90 Å². The lowest BCUT2D eigenvalue weighted by molar-refractivity contribution is -0.117. The highest BCUT2D eigenvalue weighted by molar-refractivity contribution is 7.13. The van der Waals surface area contributed by atoms with Crippen molar-refractivity contribution in [2.24, 2.45) is 0 Å². The minimum Gasteiger partial charge on any atom is -0.503 e. The van der Waals surface area contributed by atoms with E-state index in [4.69, 9.17) is 16.0 Å². The SMILES string of the molecule is O=C(C1=C(O)C(=O)N(c2nncs2)C1c1cccc(Cl)c1)c1ccco1. The van der Waals surface area contributed by atoms with Gasteiger partial charge in [0.1, 0.15) is 5.51 Å². The number of amides is 1. The first-order valence-corrected chi connectivity index (χ1v) is 8.70. The maximum Gasteiger partial charge on any atom is 0.296 e. The van der Waals surface area contributed by atoms with Gasteiger partial charge in [-0.25, -0.2) is 0 Å². The summed E-state index contributed by atoms with van der Waals surface area (Å²) in [6.07, 6.45) is 1.35. The van der Waals surface area contributed by atoms with Crippen molar-refractivity contribution in [1.29, 1.82) is 0 Å². The van der Waals surface area contributed by atoms with Gasteiger partial charge in [0.2, 0.25) is 10.9 Å². The summed E-state index contributed by atoms with van der Waals surface area (Å²) in [6.45, 7) is 0. The Morgan fingerprint density at radius 2 is 2.15 bits per heavy atom. The number of carbonyl (C=O) groups is 2. The number of rotatable bonds is 4. The Kier molecular flexibility index (Phi) is 4.06. The zero-order chi connectivity index (χ0) is 18.3. The van der Waals surface area contributed by atoms with Crippen LogP contribution in [0.1, 0.15) is 22.2 Å². The van der Waals surface area contributed by atoms with Crippen LogP contribution in [-0.2, 0) is 4.79 Å². The molecule has 0 bridgehead atoms. The zero-order valence-electron chi connectivity index (χ0n) is 13.0. The van der Waals surface area contributed by atoms with Gasteiger partial charge in [0.25, 0.3) is 5.91 Å². The monoisotopic (exact) mass is 387 g/mol. The average molecular weight is 388 g/mol. The minimum atomic E-state index is -0.897. The zero-order valence-corrected chi connectivity index (χ0v) is 14.6. The molecule has 1 aromatic carbocycles. The van der Waals surface area contributed by atoms with Crippen LogP contribution >= 0.6 is 22.9 Å². The van der Waals surface area contributed by atoms with Gasteiger partial charge in [0.05, 0.1) is 17.9 Å². The van der Waals surface area contributed by atoms with Crippen molar-refractivity contribution < 1.29 is 19.1 Å². The van der Waals surface area contributed by atoms with Gasteiger partial charge in [-0.1, -0.05) is 35.1 Å². The molecule has 0 radical (unpaired) electrons. The first kappa shape index (κ1) is 16.5. The lowest BCUT2D eigenvalue weighted by Crippen LogP contribution is -2.31. The third-order valence-corrected chi connectivity index (χ3v) is 4.84. The number of furan rings is 1. The Hall–Kier alpha value is -2.97. The fraction of sp³-hybridized carbons (Fsp3) is 0.0588. The van der Waals surface area contributed by atoms with Crippen molar-refractivity contribution in [1.82, 2.24) is 10.2 Å². The molecule has 4 rings (SSSR count). The van der Waals surface area contributed by atoms with Crippen LogP contribution in [0, 0.1) is 0 Å². The number of aliphatic hydroxyl groups excluding tert-OH is 1. The summed E-state index contributed by atoms with van der Waals surface area (Å²) in [5.74, 6) is -1.95. The van der Waals surface area contributed by atoms with Crippen molar-refractivity contribution in [3.8, 4) is 0 Å². The molecule has 1 amide bonds. The number of Topliss-reactive ketones (excluding diaryl/α,β-unsaturated/α-hetero) is 1. The highest BCUT2D eigenvalue weighted by atomic mass is 35.5. The molecule has 0 spiro atoms. The molecule has 1 aliphatic heterocycles. The number of benzene rings is 1. The molecule has 9 heteroatoms. The Morgan fingerprint density at radius 1 is 1.31 bits per heavy atom. The second-order valence-electron chi connectivity index (χ2n) is 5.42. The van der Waals surface area contributed by atoms with E-state index in [1.807, 2.05) is 0 Å². The second-order valence-corrected chi connectivity index (χ2v) is 6.67. The van der Waals surface area contributed by atoms with E-state index in [0.717, 1.165) is 11.3 Å². The first-order chi connectivity index (χ1) is 12.6. The van der Waals surface area contributed by atoms with E-state index in [1.165, 1.54) is 22.7 Å². The normalized spacial score (nSPS) is 17.2. The Morgan fingerprint density at radius 3 is 2.81 bits per heavy atom. The van der Waals surface area contributed by atoms with Crippen LogP contribution in [-0.4, -0.2) is 27.0 Å². The van der Waals surface area contributed by atoms with Crippen LogP contribution in [0.15, 0.2) is 63.9 Å². The minimum absolute atomic E-state index is 0.0190. The molecule has 1 aliphatic rings. The number of aromatic nitrogens is 2. The number of anilines is 1. The Labute approximate surface area is 156 Å².